The van der Waals surface area contributed by atoms with Crippen LogP contribution in [0, 0.1) is 0 Å². The van der Waals surface area contributed by atoms with Gasteiger partial charge in [-0.1, -0.05) is 18.2 Å². The summed E-state index contributed by atoms with van der Waals surface area (Å²) in [6.07, 6.45) is 0.932. The van der Waals surface area contributed by atoms with Gasteiger partial charge in [-0.3, -0.25) is 4.79 Å². The summed E-state index contributed by atoms with van der Waals surface area (Å²) in [6.45, 7) is 0.364. The van der Waals surface area contributed by atoms with Crippen LogP contribution in [0.3, 0.4) is 0 Å². The number of carbonyl (C=O) groups excluding carboxylic acids is 1. The van der Waals surface area contributed by atoms with Gasteiger partial charge in [-0.2, -0.15) is 0 Å². The van der Waals surface area contributed by atoms with Crippen molar-refractivity contribution in [2.24, 2.45) is 0 Å². The molecule has 1 saturated heterocycles. The second-order valence-electron chi connectivity index (χ2n) is 5.00. The molecule has 20 heavy (non-hydrogen) atoms. The molecule has 1 atom stereocenters. The van der Waals surface area contributed by atoms with Crippen molar-refractivity contribution < 1.29 is 18.3 Å². The lowest BCUT2D eigenvalue weighted by Crippen LogP contribution is -2.42. The SMILES string of the molecule is O=C(c1ccccc1)N(CCCO)C1CCS(=O)(=O)C1. The van der Waals surface area contributed by atoms with E-state index in [9.17, 15) is 13.2 Å². The molecule has 0 bridgehead atoms. The summed E-state index contributed by atoms with van der Waals surface area (Å²) in [4.78, 5) is 14.1. The van der Waals surface area contributed by atoms with Crippen molar-refractivity contribution in [3.8, 4) is 0 Å². The van der Waals surface area contributed by atoms with Gasteiger partial charge in [-0.05, 0) is 25.0 Å². The summed E-state index contributed by atoms with van der Waals surface area (Å²) >= 11 is 0. The summed E-state index contributed by atoms with van der Waals surface area (Å²) in [7, 11) is -3.04. The zero-order valence-electron chi connectivity index (χ0n) is 11.2. The van der Waals surface area contributed by atoms with E-state index in [2.05, 4.69) is 0 Å². The third-order valence-electron chi connectivity index (χ3n) is 3.49. The molecule has 1 aromatic carbocycles. The fourth-order valence-electron chi connectivity index (χ4n) is 2.46. The van der Waals surface area contributed by atoms with E-state index in [4.69, 9.17) is 5.11 Å². The average molecular weight is 297 g/mol. The molecule has 1 aromatic rings. The second-order valence-corrected chi connectivity index (χ2v) is 7.23. The predicted octanol–water partition coefficient (Wildman–Crippen LogP) is 0.698. The standard InChI is InChI=1S/C14H19NO4S/c16-9-4-8-15(13-7-10-20(18,19)11-13)14(17)12-5-2-1-3-6-12/h1-3,5-6,13,16H,4,7-11H2. The molecule has 0 aliphatic carbocycles. The van der Waals surface area contributed by atoms with Gasteiger partial charge in [-0.15, -0.1) is 0 Å². The van der Waals surface area contributed by atoms with Crippen molar-refractivity contribution in [1.29, 1.82) is 0 Å². The number of sulfone groups is 1. The maximum Gasteiger partial charge on any atom is 0.254 e. The van der Waals surface area contributed by atoms with Crippen molar-refractivity contribution >= 4 is 15.7 Å². The second kappa shape index (κ2) is 6.37. The van der Waals surface area contributed by atoms with Crippen molar-refractivity contribution in [1.82, 2.24) is 4.90 Å². The van der Waals surface area contributed by atoms with Crippen LogP contribution in [-0.2, 0) is 9.84 Å². The number of carbonyl (C=O) groups is 1. The van der Waals surface area contributed by atoms with Crippen LogP contribution >= 0.6 is 0 Å². The van der Waals surface area contributed by atoms with Crippen LogP contribution in [0.2, 0.25) is 0 Å². The van der Waals surface area contributed by atoms with E-state index in [1.165, 1.54) is 0 Å². The molecule has 1 aliphatic rings. The number of hydrogen-bond acceptors (Lipinski definition) is 4. The molecule has 6 heteroatoms. The lowest BCUT2D eigenvalue weighted by atomic mass is 10.1. The van der Waals surface area contributed by atoms with E-state index in [0.717, 1.165) is 0 Å². The van der Waals surface area contributed by atoms with E-state index in [1.54, 1.807) is 29.2 Å². The Morgan fingerprint density at radius 3 is 2.55 bits per heavy atom. The number of aliphatic hydroxyl groups excluding tert-OH is 1. The molecule has 0 aromatic heterocycles. The van der Waals surface area contributed by atoms with E-state index in [-0.39, 0.29) is 30.1 Å². The monoisotopic (exact) mass is 297 g/mol. The normalized spacial score (nSPS) is 20.8. The first-order valence-corrected chi connectivity index (χ1v) is 8.53. The van der Waals surface area contributed by atoms with Crippen molar-refractivity contribution in [2.45, 2.75) is 18.9 Å². The molecule has 0 radical (unpaired) electrons. The fraction of sp³-hybridized carbons (Fsp3) is 0.500. The summed E-state index contributed by atoms with van der Waals surface area (Å²) in [5, 5.41) is 8.96. The predicted molar refractivity (Wildman–Crippen MR) is 76.2 cm³/mol. The zero-order valence-corrected chi connectivity index (χ0v) is 12.1. The summed E-state index contributed by atoms with van der Waals surface area (Å²) in [6, 6.07) is 8.55. The Morgan fingerprint density at radius 2 is 2.00 bits per heavy atom. The molecule has 1 amide bonds. The van der Waals surface area contributed by atoms with Gasteiger partial charge in [0.1, 0.15) is 0 Å². The third-order valence-corrected chi connectivity index (χ3v) is 5.24. The molecule has 2 rings (SSSR count). The number of aliphatic hydroxyl groups is 1. The fourth-order valence-corrected chi connectivity index (χ4v) is 4.19. The molecular weight excluding hydrogens is 278 g/mol. The third kappa shape index (κ3) is 3.58. The largest absolute Gasteiger partial charge is 0.396 e. The minimum Gasteiger partial charge on any atom is -0.396 e. The first-order chi connectivity index (χ1) is 9.53. The van der Waals surface area contributed by atoms with Crippen molar-refractivity contribution in [2.75, 3.05) is 24.7 Å². The van der Waals surface area contributed by atoms with E-state index >= 15 is 0 Å². The lowest BCUT2D eigenvalue weighted by Gasteiger charge is -2.28. The Bertz CT molecular complexity index is 556. The highest BCUT2D eigenvalue weighted by Crippen LogP contribution is 2.20. The van der Waals surface area contributed by atoms with Crippen LogP contribution in [0.25, 0.3) is 0 Å². The molecule has 110 valence electrons. The average Bonchev–Trinajstić information content (AvgIpc) is 2.80. The number of benzene rings is 1. The Hall–Kier alpha value is -1.40. The highest BCUT2D eigenvalue weighted by Gasteiger charge is 2.34. The van der Waals surface area contributed by atoms with Gasteiger partial charge in [0.15, 0.2) is 9.84 Å². The minimum atomic E-state index is -3.04. The summed E-state index contributed by atoms with van der Waals surface area (Å²) in [5.41, 5.74) is 0.551. The van der Waals surface area contributed by atoms with E-state index in [1.807, 2.05) is 6.07 Å². The first kappa shape index (κ1) is 15.0. The minimum absolute atomic E-state index is 0.0158. The Labute approximate surface area is 119 Å². The maximum absolute atomic E-state index is 12.5. The molecule has 1 fully saturated rings. The Balaban J connectivity index is 2.17. The van der Waals surface area contributed by atoms with Crippen LogP contribution in [0.5, 0.6) is 0 Å². The maximum atomic E-state index is 12.5. The molecule has 1 N–H and O–H groups in total. The topological polar surface area (TPSA) is 74.7 Å². The first-order valence-electron chi connectivity index (χ1n) is 6.71. The molecule has 1 unspecified atom stereocenters. The molecule has 0 saturated carbocycles. The van der Waals surface area contributed by atoms with Gasteiger partial charge in [0.2, 0.25) is 0 Å². The zero-order chi connectivity index (χ0) is 14.6. The highest BCUT2D eigenvalue weighted by atomic mass is 32.2. The number of rotatable bonds is 5. The van der Waals surface area contributed by atoms with Crippen molar-refractivity contribution in [3.63, 3.8) is 0 Å². The van der Waals surface area contributed by atoms with Gasteiger partial charge in [0.05, 0.1) is 11.5 Å². The van der Waals surface area contributed by atoms with Gasteiger partial charge >= 0.3 is 0 Å². The Kier molecular flexibility index (Phi) is 4.77. The molecule has 1 heterocycles. The quantitative estimate of drug-likeness (QED) is 0.868. The molecule has 0 spiro atoms. The highest BCUT2D eigenvalue weighted by molar-refractivity contribution is 7.91. The summed E-state index contributed by atoms with van der Waals surface area (Å²) in [5.74, 6) is -0.00651. The van der Waals surface area contributed by atoms with Gasteiger partial charge < -0.3 is 10.0 Å². The van der Waals surface area contributed by atoms with Crippen molar-refractivity contribution in [3.05, 3.63) is 35.9 Å². The Morgan fingerprint density at radius 1 is 1.30 bits per heavy atom. The number of amides is 1. The van der Waals surface area contributed by atoms with Gasteiger partial charge in [0, 0.05) is 24.8 Å². The number of hydrogen-bond donors (Lipinski definition) is 1. The van der Waals surface area contributed by atoms with Crippen LogP contribution in [0.15, 0.2) is 30.3 Å². The van der Waals surface area contributed by atoms with Crippen LogP contribution in [0.1, 0.15) is 23.2 Å². The molecule has 1 aliphatic heterocycles. The lowest BCUT2D eigenvalue weighted by molar-refractivity contribution is 0.0684. The van der Waals surface area contributed by atoms with Crippen LogP contribution < -0.4 is 0 Å². The van der Waals surface area contributed by atoms with Crippen LogP contribution in [-0.4, -0.2) is 55.0 Å². The van der Waals surface area contributed by atoms with Crippen LogP contribution in [0.4, 0.5) is 0 Å². The van der Waals surface area contributed by atoms with Gasteiger partial charge in [0.25, 0.3) is 5.91 Å². The van der Waals surface area contributed by atoms with E-state index < -0.39 is 9.84 Å². The molecular formula is C14H19NO4S. The summed E-state index contributed by atoms with van der Waals surface area (Å²) < 4.78 is 23.2. The smallest absolute Gasteiger partial charge is 0.254 e. The number of nitrogens with zero attached hydrogens (tertiary/aromatic N) is 1. The van der Waals surface area contributed by atoms with Gasteiger partial charge in [-0.25, -0.2) is 8.42 Å². The molecule has 5 nitrogen and oxygen atoms in total. The van der Waals surface area contributed by atoms with E-state index in [0.29, 0.717) is 24.9 Å².